The van der Waals surface area contributed by atoms with Crippen LogP contribution in [0.5, 0.6) is 0 Å². The number of nitrogens with zero attached hydrogens (tertiary/aromatic N) is 1. The first-order chi connectivity index (χ1) is 8.16. The van der Waals surface area contributed by atoms with Gasteiger partial charge >= 0.3 is 0 Å². The highest BCUT2D eigenvalue weighted by Gasteiger charge is 2.38. The van der Waals surface area contributed by atoms with Gasteiger partial charge in [-0.2, -0.15) is 4.31 Å². The molecule has 1 saturated carbocycles. The fraction of sp³-hybridized carbons (Fsp3) is 1.00. The van der Waals surface area contributed by atoms with Gasteiger partial charge in [0.1, 0.15) is 0 Å². The van der Waals surface area contributed by atoms with Crippen LogP contribution in [0.4, 0.5) is 0 Å². The van der Waals surface area contributed by atoms with E-state index in [0.29, 0.717) is 0 Å². The van der Waals surface area contributed by atoms with Crippen LogP contribution in [0.25, 0.3) is 0 Å². The van der Waals surface area contributed by atoms with E-state index in [9.17, 15) is 8.42 Å². The SMILES string of the molecule is O=S(=O)(C1CCCC1)N1CCCCC1CCBr. The summed E-state index contributed by atoms with van der Waals surface area (Å²) in [4.78, 5) is 0. The van der Waals surface area contributed by atoms with Crippen molar-refractivity contribution in [3.63, 3.8) is 0 Å². The first-order valence-electron chi connectivity index (χ1n) is 6.73. The highest BCUT2D eigenvalue weighted by Crippen LogP contribution is 2.31. The minimum Gasteiger partial charge on any atom is -0.212 e. The summed E-state index contributed by atoms with van der Waals surface area (Å²) in [5.41, 5.74) is 0. The quantitative estimate of drug-likeness (QED) is 0.746. The van der Waals surface area contributed by atoms with E-state index in [1.54, 1.807) is 0 Å². The van der Waals surface area contributed by atoms with E-state index in [-0.39, 0.29) is 11.3 Å². The second kappa shape index (κ2) is 6.02. The highest BCUT2D eigenvalue weighted by atomic mass is 79.9. The molecule has 2 fully saturated rings. The zero-order valence-electron chi connectivity index (χ0n) is 10.3. The van der Waals surface area contributed by atoms with Crippen molar-refractivity contribution in [2.75, 3.05) is 11.9 Å². The maximum atomic E-state index is 12.6. The molecule has 0 aromatic carbocycles. The van der Waals surface area contributed by atoms with Crippen molar-refractivity contribution in [3.05, 3.63) is 0 Å². The maximum Gasteiger partial charge on any atom is 0.217 e. The summed E-state index contributed by atoms with van der Waals surface area (Å²) in [5.74, 6) is 0. The second-order valence-electron chi connectivity index (χ2n) is 5.19. The third-order valence-electron chi connectivity index (χ3n) is 4.07. The Hall–Kier alpha value is 0.390. The standard InChI is InChI=1S/C12H22BrNO2S/c13-9-8-11-5-3-4-10-14(11)17(15,16)12-6-1-2-7-12/h11-12H,1-10H2. The van der Waals surface area contributed by atoms with Crippen LogP contribution in [0.2, 0.25) is 0 Å². The van der Waals surface area contributed by atoms with E-state index >= 15 is 0 Å². The molecule has 1 aliphatic heterocycles. The van der Waals surface area contributed by atoms with Gasteiger partial charge in [0.25, 0.3) is 0 Å². The van der Waals surface area contributed by atoms with Crippen LogP contribution in [0.15, 0.2) is 0 Å². The number of piperidine rings is 1. The number of alkyl halides is 1. The lowest BCUT2D eigenvalue weighted by molar-refractivity contribution is 0.245. The summed E-state index contributed by atoms with van der Waals surface area (Å²) < 4.78 is 27.0. The van der Waals surface area contributed by atoms with Gasteiger partial charge in [-0.25, -0.2) is 8.42 Å². The summed E-state index contributed by atoms with van der Waals surface area (Å²) in [5, 5.41) is 0.812. The molecule has 0 aromatic heterocycles. The van der Waals surface area contributed by atoms with Gasteiger partial charge in [0.15, 0.2) is 0 Å². The molecule has 1 atom stereocenters. The molecule has 0 aromatic rings. The largest absolute Gasteiger partial charge is 0.217 e. The zero-order valence-corrected chi connectivity index (χ0v) is 12.7. The van der Waals surface area contributed by atoms with Gasteiger partial charge in [-0.3, -0.25) is 0 Å². The number of hydrogen-bond donors (Lipinski definition) is 0. The van der Waals surface area contributed by atoms with Crippen molar-refractivity contribution in [1.82, 2.24) is 4.31 Å². The summed E-state index contributed by atoms with van der Waals surface area (Å²) in [6.45, 7) is 0.747. The van der Waals surface area contributed by atoms with Gasteiger partial charge in [-0.1, -0.05) is 35.2 Å². The van der Waals surface area contributed by atoms with Crippen LogP contribution in [-0.2, 0) is 10.0 Å². The Morgan fingerprint density at radius 3 is 2.35 bits per heavy atom. The fourth-order valence-corrected chi connectivity index (χ4v) is 5.95. The van der Waals surface area contributed by atoms with E-state index in [1.807, 2.05) is 4.31 Å². The number of sulfonamides is 1. The lowest BCUT2D eigenvalue weighted by atomic mass is 10.0. The number of hydrogen-bond acceptors (Lipinski definition) is 2. The van der Waals surface area contributed by atoms with Crippen LogP contribution in [0, 0.1) is 0 Å². The number of rotatable bonds is 4. The minimum absolute atomic E-state index is 0.0848. The zero-order chi connectivity index (χ0) is 12.3. The molecule has 2 aliphatic rings. The van der Waals surface area contributed by atoms with E-state index < -0.39 is 10.0 Å². The summed E-state index contributed by atoms with van der Waals surface area (Å²) in [7, 11) is -3.02. The minimum atomic E-state index is -3.02. The molecular formula is C12H22BrNO2S. The summed E-state index contributed by atoms with van der Waals surface area (Å²) >= 11 is 3.44. The lowest BCUT2D eigenvalue weighted by Crippen LogP contribution is -2.47. The maximum absolute atomic E-state index is 12.6. The number of halogens is 1. The monoisotopic (exact) mass is 323 g/mol. The molecule has 0 amide bonds. The van der Waals surface area contributed by atoms with Gasteiger partial charge in [0, 0.05) is 17.9 Å². The first-order valence-corrected chi connectivity index (χ1v) is 9.35. The Labute approximate surface area is 113 Å². The van der Waals surface area contributed by atoms with E-state index in [1.165, 1.54) is 6.42 Å². The Morgan fingerprint density at radius 2 is 1.71 bits per heavy atom. The molecular weight excluding hydrogens is 302 g/mol. The Balaban J connectivity index is 2.11. The molecule has 3 nitrogen and oxygen atoms in total. The third kappa shape index (κ3) is 3.04. The van der Waals surface area contributed by atoms with E-state index in [0.717, 1.165) is 56.8 Å². The van der Waals surface area contributed by atoms with E-state index in [4.69, 9.17) is 0 Å². The van der Waals surface area contributed by atoms with Crippen molar-refractivity contribution < 1.29 is 8.42 Å². The molecule has 5 heteroatoms. The fourth-order valence-electron chi connectivity index (χ4n) is 3.10. The van der Waals surface area contributed by atoms with Crippen molar-refractivity contribution in [2.45, 2.75) is 62.7 Å². The average Bonchev–Trinajstić information content (AvgIpc) is 2.84. The smallest absolute Gasteiger partial charge is 0.212 e. The van der Waals surface area contributed by atoms with Crippen molar-refractivity contribution in [1.29, 1.82) is 0 Å². The van der Waals surface area contributed by atoms with E-state index in [2.05, 4.69) is 15.9 Å². The molecule has 100 valence electrons. The molecule has 0 N–H and O–H groups in total. The lowest BCUT2D eigenvalue weighted by Gasteiger charge is -2.36. The average molecular weight is 324 g/mol. The molecule has 2 rings (SSSR count). The second-order valence-corrected chi connectivity index (χ2v) is 8.15. The third-order valence-corrected chi connectivity index (χ3v) is 6.97. The first kappa shape index (κ1) is 13.8. The Bertz CT molecular complexity index is 336. The Morgan fingerprint density at radius 1 is 1.06 bits per heavy atom. The molecule has 1 aliphatic carbocycles. The molecule has 0 spiro atoms. The molecule has 0 bridgehead atoms. The van der Waals surface area contributed by atoms with Gasteiger partial charge in [0.05, 0.1) is 5.25 Å². The van der Waals surface area contributed by atoms with Gasteiger partial charge in [-0.15, -0.1) is 0 Å². The molecule has 1 saturated heterocycles. The van der Waals surface area contributed by atoms with Crippen LogP contribution in [-0.4, -0.2) is 35.9 Å². The van der Waals surface area contributed by atoms with Crippen LogP contribution >= 0.6 is 15.9 Å². The van der Waals surface area contributed by atoms with Crippen molar-refractivity contribution in [3.8, 4) is 0 Å². The van der Waals surface area contributed by atoms with Crippen LogP contribution in [0.1, 0.15) is 51.4 Å². The molecule has 1 heterocycles. The predicted molar refractivity (Wildman–Crippen MR) is 73.9 cm³/mol. The van der Waals surface area contributed by atoms with Gasteiger partial charge in [0.2, 0.25) is 10.0 Å². The normalized spacial score (nSPS) is 28.6. The van der Waals surface area contributed by atoms with Crippen LogP contribution in [0.3, 0.4) is 0 Å². The van der Waals surface area contributed by atoms with Crippen LogP contribution < -0.4 is 0 Å². The van der Waals surface area contributed by atoms with Gasteiger partial charge < -0.3 is 0 Å². The molecule has 1 unspecified atom stereocenters. The predicted octanol–water partition coefficient (Wildman–Crippen LogP) is 2.90. The van der Waals surface area contributed by atoms with Gasteiger partial charge in [-0.05, 0) is 32.1 Å². The molecule has 17 heavy (non-hydrogen) atoms. The Kier molecular flexibility index (Phi) is 4.89. The highest BCUT2D eigenvalue weighted by molar-refractivity contribution is 9.09. The van der Waals surface area contributed by atoms with Crippen molar-refractivity contribution >= 4 is 26.0 Å². The topological polar surface area (TPSA) is 37.4 Å². The summed E-state index contributed by atoms with van der Waals surface area (Å²) in [6.07, 6.45) is 8.12. The summed E-state index contributed by atoms with van der Waals surface area (Å²) in [6, 6.07) is 0.244. The molecule has 0 radical (unpaired) electrons. The van der Waals surface area contributed by atoms with Crippen molar-refractivity contribution in [2.24, 2.45) is 0 Å².